The van der Waals surface area contributed by atoms with Crippen LogP contribution in [0.4, 0.5) is 5.69 Å². The van der Waals surface area contributed by atoms with E-state index in [1.807, 2.05) is 48.5 Å². The van der Waals surface area contributed by atoms with E-state index in [0.29, 0.717) is 6.61 Å². The van der Waals surface area contributed by atoms with Crippen LogP contribution < -0.4 is 10.5 Å². The molecule has 0 bridgehead atoms. The van der Waals surface area contributed by atoms with Crippen LogP contribution in [-0.2, 0) is 6.42 Å². The molecular weight excluding hydrogens is 234 g/mol. The van der Waals surface area contributed by atoms with Crippen molar-refractivity contribution in [1.29, 1.82) is 0 Å². The maximum atomic E-state index is 5.81. The van der Waals surface area contributed by atoms with Gasteiger partial charge in [0, 0.05) is 17.1 Å². The Morgan fingerprint density at radius 1 is 0.941 bits per heavy atom. The number of nitrogens with two attached hydrogens (primary N) is 1. The van der Waals surface area contributed by atoms with Crippen LogP contribution in [-0.4, -0.2) is 6.61 Å². The molecule has 88 valence electrons. The molecule has 17 heavy (non-hydrogen) atoms. The van der Waals surface area contributed by atoms with Crippen molar-refractivity contribution < 1.29 is 4.74 Å². The van der Waals surface area contributed by atoms with E-state index >= 15 is 0 Å². The lowest BCUT2D eigenvalue weighted by molar-refractivity contribution is 0.322. The molecule has 2 aromatic carbocycles. The Morgan fingerprint density at radius 2 is 1.59 bits per heavy atom. The lowest BCUT2D eigenvalue weighted by atomic mass is 10.2. The van der Waals surface area contributed by atoms with Gasteiger partial charge in [-0.05, 0) is 42.0 Å². The van der Waals surface area contributed by atoms with E-state index in [9.17, 15) is 0 Å². The molecule has 0 aliphatic heterocycles. The van der Waals surface area contributed by atoms with Gasteiger partial charge in [-0.15, -0.1) is 0 Å². The summed E-state index contributed by atoms with van der Waals surface area (Å²) in [6.07, 6.45) is 0.863. The van der Waals surface area contributed by atoms with E-state index in [2.05, 4.69) is 0 Å². The first-order valence-corrected chi connectivity index (χ1v) is 5.84. The molecule has 0 atom stereocenters. The van der Waals surface area contributed by atoms with E-state index in [4.69, 9.17) is 22.1 Å². The zero-order valence-corrected chi connectivity index (χ0v) is 10.2. The molecule has 2 aromatic rings. The third-order valence-corrected chi connectivity index (χ3v) is 2.70. The van der Waals surface area contributed by atoms with Crippen LogP contribution in [0.1, 0.15) is 5.56 Å². The number of hydrogen-bond donors (Lipinski definition) is 1. The van der Waals surface area contributed by atoms with Gasteiger partial charge in [-0.25, -0.2) is 0 Å². The lowest BCUT2D eigenvalue weighted by Crippen LogP contribution is -2.01. The number of halogens is 1. The van der Waals surface area contributed by atoms with Gasteiger partial charge in [0.05, 0.1) is 6.61 Å². The van der Waals surface area contributed by atoms with Crippen molar-refractivity contribution in [3.63, 3.8) is 0 Å². The Hall–Kier alpha value is -1.67. The van der Waals surface area contributed by atoms with Gasteiger partial charge in [0.15, 0.2) is 0 Å². The number of benzene rings is 2. The summed E-state index contributed by atoms with van der Waals surface area (Å²) < 4.78 is 5.61. The summed E-state index contributed by atoms with van der Waals surface area (Å²) in [6.45, 7) is 0.644. The summed E-state index contributed by atoms with van der Waals surface area (Å²) in [5.41, 5.74) is 7.55. The minimum Gasteiger partial charge on any atom is -0.493 e. The molecule has 0 fully saturated rings. The highest BCUT2D eigenvalue weighted by Gasteiger charge is 1.96. The molecule has 3 heteroatoms. The minimum atomic E-state index is 0.644. The molecule has 0 aliphatic carbocycles. The number of anilines is 1. The smallest absolute Gasteiger partial charge is 0.119 e. The average Bonchev–Trinajstić information content (AvgIpc) is 2.34. The third kappa shape index (κ3) is 3.68. The van der Waals surface area contributed by atoms with Gasteiger partial charge in [0.1, 0.15) is 5.75 Å². The van der Waals surface area contributed by atoms with E-state index in [1.54, 1.807) is 0 Å². The molecule has 0 aromatic heterocycles. The number of nitrogen functional groups attached to an aromatic ring is 1. The van der Waals surface area contributed by atoms with E-state index in [1.165, 1.54) is 5.56 Å². The molecule has 0 spiro atoms. The van der Waals surface area contributed by atoms with Gasteiger partial charge in [0.25, 0.3) is 0 Å². The van der Waals surface area contributed by atoms with Gasteiger partial charge in [0.2, 0.25) is 0 Å². The fourth-order valence-electron chi connectivity index (χ4n) is 1.50. The molecule has 2 N–H and O–H groups in total. The Bertz CT molecular complexity index is 419. The second-order valence-corrected chi connectivity index (χ2v) is 4.23. The fraction of sp³-hybridized carbons (Fsp3) is 0.143. The van der Waals surface area contributed by atoms with Crippen molar-refractivity contribution in [2.24, 2.45) is 0 Å². The zero-order chi connectivity index (χ0) is 12.1. The maximum Gasteiger partial charge on any atom is 0.119 e. The third-order valence-electron chi connectivity index (χ3n) is 2.45. The standard InChI is InChI=1S/C14H14ClNO/c15-12-3-1-11(2-4-12)9-10-17-14-7-5-13(16)6-8-14/h1-8H,9-10,16H2. The summed E-state index contributed by atoms with van der Waals surface area (Å²) >= 11 is 5.81. The summed E-state index contributed by atoms with van der Waals surface area (Å²) in [5, 5.41) is 0.758. The Morgan fingerprint density at radius 3 is 2.24 bits per heavy atom. The SMILES string of the molecule is Nc1ccc(OCCc2ccc(Cl)cc2)cc1. The van der Waals surface area contributed by atoms with Gasteiger partial charge < -0.3 is 10.5 Å². The Kier molecular flexibility index (Phi) is 3.89. The van der Waals surface area contributed by atoms with E-state index < -0.39 is 0 Å². The van der Waals surface area contributed by atoms with Crippen LogP contribution in [0.15, 0.2) is 48.5 Å². The summed E-state index contributed by atoms with van der Waals surface area (Å²) in [5.74, 6) is 0.841. The Labute approximate surface area is 106 Å². The molecule has 0 saturated carbocycles. The summed E-state index contributed by atoms with van der Waals surface area (Å²) in [6, 6.07) is 15.2. The van der Waals surface area contributed by atoms with Crippen molar-refractivity contribution in [3.8, 4) is 5.75 Å². The van der Waals surface area contributed by atoms with Gasteiger partial charge >= 0.3 is 0 Å². The van der Waals surface area contributed by atoms with Crippen LogP contribution in [0.25, 0.3) is 0 Å². The van der Waals surface area contributed by atoms with Crippen LogP contribution in [0.5, 0.6) is 5.75 Å². The van der Waals surface area contributed by atoms with Gasteiger partial charge in [-0.2, -0.15) is 0 Å². The van der Waals surface area contributed by atoms with Gasteiger partial charge in [-0.3, -0.25) is 0 Å². The molecule has 2 nitrogen and oxygen atoms in total. The molecule has 0 saturated heterocycles. The van der Waals surface area contributed by atoms with Crippen LogP contribution in [0.2, 0.25) is 5.02 Å². The van der Waals surface area contributed by atoms with Crippen molar-refractivity contribution in [1.82, 2.24) is 0 Å². The highest BCUT2D eigenvalue weighted by atomic mass is 35.5. The number of ether oxygens (including phenoxy) is 1. The average molecular weight is 248 g/mol. The predicted molar refractivity (Wildman–Crippen MR) is 71.5 cm³/mol. The maximum absolute atomic E-state index is 5.81. The van der Waals surface area contributed by atoms with E-state index in [0.717, 1.165) is 22.9 Å². The molecule has 0 unspecified atom stereocenters. The second kappa shape index (κ2) is 5.60. The Balaban J connectivity index is 1.83. The normalized spacial score (nSPS) is 10.2. The highest BCUT2D eigenvalue weighted by molar-refractivity contribution is 6.30. The number of rotatable bonds is 4. The molecule has 0 aliphatic rings. The fourth-order valence-corrected chi connectivity index (χ4v) is 1.63. The van der Waals surface area contributed by atoms with Crippen molar-refractivity contribution in [2.45, 2.75) is 6.42 Å². The van der Waals surface area contributed by atoms with Gasteiger partial charge in [-0.1, -0.05) is 23.7 Å². The van der Waals surface area contributed by atoms with Crippen LogP contribution in [0.3, 0.4) is 0 Å². The summed E-state index contributed by atoms with van der Waals surface area (Å²) in [4.78, 5) is 0. The van der Waals surface area contributed by atoms with Crippen LogP contribution >= 0.6 is 11.6 Å². The first kappa shape index (κ1) is 11.8. The molecule has 0 amide bonds. The molecule has 2 rings (SSSR count). The van der Waals surface area contributed by atoms with Crippen LogP contribution in [0, 0.1) is 0 Å². The van der Waals surface area contributed by atoms with Crippen molar-refractivity contribution >= 4 is 17.3 Å². The highest BCUT2D eigenvalue weighted by Crippen LogP contribution is 2.14. The lowest BCUT2D eigenvalue weighted by Gasteiger charge is -2.06. The van der Waals surface area contributed by atoms with Crippen molar-refractivity contribution in [2.75, 3.05) is 12.3 Å². The first-order chi connectivity index (χ1) is 8.24. The number of hydrogen-bond acceptors (Lipinski definition) is 2. The van der Waals surface area contributed by atoms with Crippen molar-refractivity contribution in [3.05, 3.63) is 59.1 Å². The molecular formula is C14H14ClNO. The predicted octanol–water partition coefficient (Wildman–Crippen LogP) is 3.54. The topological polar surface area (TPSA) is 35.2 Å². The molecule has 0 radical (unpaired) electrons. The first-order valence-electron chi connectivity index (χ1n) is 5.47. The quantitative estimate of drug-likeness (QED) is 0.839. The minimum absolute atomic E-state index is 0.644. The molecule has 0 heterocycles. The van der Waals surface area contributed by atoms with E-state index in [-0.39, 0.29) is 0 Å². The zero-order valence-electron chi connectivity index (χ0n) is 9.40. The second-order valence-electron chi connectivity index (χ2n) is 3.79. The largest absolute Gasteiger partial charge is 0.493 e. The monoisotopic (exact) mass is 247 g/mol. The summed E-state index contributed by atoms with van der Waals surface area (Å²) in [7, 11) is 0.